The van der Waals surface area contributed by atoms with E-state index in [4.69, 9.17) is 0 Å². The van der Waals surface area contributed by atoms with Crippen LogP contribution < -0.4 is 10.2 Å². The number of nitrogens with zero attached hydrogens (tertiary/aromatic N) is 2. The van der Waals surface area contributed by atoms with Crippen molar-refractivity contribution in [2.45, 2.75) is 45.2 Å². The van der Waals surface area contributed by atoms with Crippen LogP contribution in [-0.4, -0.2) is 29.4 Å². The molecule has 2 aromatic rings. The van der Waals surface area contributed by atoms with Crippen LogP contribution in [0.2, 0.25) is 0 Å². The van der Waals surface area contributed by atoms with E-state index in [1.807, 2.05) is 6.07 Å². The first-order chi connectivity index (χ1) is 14.2. The molecule has 156 valence electrons. The second-order valence-electron chi connectivity index (χ2n) is 8.80. The van der Waals surface area contributed by atoms with E-state index in [1.165, 1.54) is 23.4 Å². The van der Waals surface area contributed by atoms with Gasteiger partial charge in [-0.05, 0) is 73.2 Å². The van der Waals surface area contributed by atoms with E-state index in [0.29, 0.717) is 11.5 Å². The highest BCUT2D eigenvalue weighted by molar-refractivity contribution is 6.13. The van der Waals surface area contributed by atoms with Crippen LogP contribution in [-0.2, 0) is 11.3 Å². The van der Waals surface area contributed by atoms with Gasteiger partial charge in [-0.2, -0.15) is 0 Å². The molecule has 4 rings (SSSR count). The van der Waals surface area contributed by atoms with Gasteiger partial charge in [-0.1, -0.05) is 25.1 Å². The fourth-order valence-electron chi connectivity index (χ4n) is 4.34. The van der Waals surface area contributed by atoms with Crippen molar-refractivity contribution in [3.05, 3.63) is 70.7 Å². The number of carbonyl (C=O) groups is 2. The maximum Gasteiger partial charge on any atom is 0.329 e. The lowest BCUT2D eigenvalue weighted by Crippen LogP contribution is -2.45. The summed E-state index contributed by atoms with van der Waals surface area (Å²) in [6.45, 7) is 6.80. The smallest absolute Gasteiger partial charge is 0.329 e. The zero-order valence-electron chi connectivity index (χ0n) is 17.7. The van der Waals surface area contributed by atoms with E-state index in [9.17, 15) is 14.0 Å². The largest absolute Gasteiger partial charge is 0.369 e. The summed E-state index contributed by atoms with van der Waals surface area (Å²) in [5, 5.41) is 2.66. The number of carbonyl (C=O) groups excluding carboxylic acids is 2. The van der Waals surface area contributed by atoms with Gasteiger partial charge in [0.15, 0.2) is 0 Å². The van der Waals surface area contributed by atoms with Crippen molar-refractivity contribution < 1.29 is 14.0 Å². The molecule has 5 nitrogen and oxygen atoms in total. The number of amides is 3. The van der Waals surface area contributed by atoms with Crippen molar-refractivity contribution in [2.24, 2.45) is 0 Å². The van der Waals surface area contributed by atoms with Crippen molar-refractivity contribution >= 4 is 23.7 Å². The minimum atomic E-state index is -0.469. The average molecular weight is 407 g/mol. The average Bonchev–Trinajstić information content (AvgIpc) is 2.95. The number of hydrogen-bond donors (Lipinski definition) is 1. The molecule has 0 unspecified atom stereocenters. The summed E-state index contributed by atoms with van der Waals surface area (Å²) in [6.07, 6.45) is 2.76. The lowest BCUT2D eigenvalue weighted by molar-refractivity contribution is -0.123. The van der Waals surface area contributed by atoms with E-state index < -0.39 is 6.03 Å². The van der Waals surface area contributed by atoms with E-state index in [1.54, 1.807) is 18.2 Å². The maximum atomic E-state index is 13.1. The monoisotopic (exact) mass is 407 g/mol. The van der Waals surface area contributed by atoms with Crippen molar-refractivity contribution in [3.63, 3.8) is 0 Å². The molecule has 6 heteroatoms. The molecule has 3 amide bonds. The van der Waals surface area contributed by atoms with Gasteiger partial charge >= 0.3 is 6.03 Å². The molecular weight excluding hydrogens is 381 g/mol. The molecule has 2 heterocycles. The fraction of sp³-hybridized carbons (Fsp3) is 0.333. The zero-order chi connectivity index (χ0) is 21.6. The SMILES string of the molecule is C[C@@H]1CC(C)(C)N(C)c2ccc(/C=C3\NC(=O)N(Cc4ccc(F)cc4)C3=O)cc21. The summed E-state index contributed by atoms with van der Waals surface area (Å²) in [5.74, 6) is -0.339. The quantitative estimate of drug-likeness (QED) is 0.596. The van der Waals surface area contributed by atoms with Crippen LogP contribution in [0.15, 0.2) is 48.2 Å². The minimum Gasteiger partial charge on any atom is -0.369 e. The second-order valence-corrected chi connectivity index (χ2v) is 8.80. The third kappa shape index (κ3) is 3.58. The van der Waals surface area contributed by atoms with Crippen molar-refractivity contribution in [1.29, 1.82) is 0 Å². The molecule has 1 atom stereocenters. The predicted octanol–water partition coefficient (Wildman–Crippen LogP) is 4.64. The summed E-state index contributed by atoms with van der Waals surface area (Å²) < 4.78 is 13.1. The Balaban J connectivity index is 1.58. The molecule has 2 aliphatic heterocycles. The number of anilines is 1. The van der Waals surface area contributed by atoms with E-state index in [0.717, 1.165) is 16.9 Å². The number of urea groups is 1. The van der Waals surface area contributed by atoms with Crippen LogP contribution in [0.4, 0.5) is 14.9 Å². The molecule has 0 bridgehead atoms. The molecule has 2 aliphatic rings. The van der Waals surface area contributed by atoms with Crippen molar-refractivity contribution in [3.8, 4) is 0 Å². The highest BCUT2D eigenvalue weighted by Gasteiger charge is 2.35. The van der Waals surface area contributed by atoms with Crippen LogP contribution in [0.3, 0.4) is 0 Å². The van der Waals surface area contributed by atoms with Crippen molar-refractivity contribution in [2.75, 3.05) is 11.9 Å². The molecule has 1 N–H and O–H groups in total. The molecule has 0 aromatic heterocycles. The van der Waals surface area contributed by atoms with Gasteiger partial charge in [0.05, 0.1) is 6.54 Å². The van der Waals surface area contributed by atoms with Gasteiger partial charge in [-0.25, -0.2) is 9.18 Å². The van der Waals surface area contributed by atoms with Gasteiger partial charge in [0, 0.05) is 18.3 Å². The molecule has 1 saturated heterocycles. The summed E-state index contributed by atoms with van der Waals surface area (Å²) in [5.41, 5.74) is 4.34. The van der Waals surface area contributed by atoms with Gasteiger partial charge < -0.3 is 10.2 Å². The predicted molar refractivity (Wildman–Crippen MR) is 115 cm³/mol. The second kappa shape index (κ2) is 7.27. The summed E-state index contributed by atoms with van der Waals surface area (Å²) in [4.78, 5) is 28.5. The van der Waals surface area contributed by atoms with Crippen LogP contribution >= 0.6 is 0 Å². The highest BCUT2D eigenvalue weighted by atomic mass is 19.1. The topological polar surface area (TPSA) is 52.7 Å². The van der Waals surface area contributed by atoms with E-state index in [2.05, 4.69) is 50.2 Å². The first-order valence-electron chi connectivity index (χ1n) is 10.1. The Kier molecular flexibility index (Phi) is 4.88. The number of benzene rings is 2. The molecule has 30 heavy (non-hydrogen) atoms. The number of hydrogen-bond acceptors (Lipinski definition) is 3. The first kappa shape index (κ1) is 20.1. The minimum absolute atomic E-state index is 0.0860. The Hall–Kier alpha value is -3.15. The summed E-state index contributed by atoms with van der Waals surface area (Å²) in [7, 11) is 2.11. The van der Waals surface area contributed by atoms with Crippen molar-refractivity contribution in [1.82, 2.24) is 10.2 Å². The van der Waals surface area contributed by atoms with Gasteiger partial charge in [-0.3, -0.25) is 9.69 Å². The molecule has 0 radical (unpaired) electrons. The van der Waals surface area contributed by atoms with Gasteiger partial charge in [0.25, 0.3) is 5.91 Å². The number of halogens is 1. The number of fused-ring (bicyclic) bond motifs is 1. The van der Waals surface area contributed by atoms with Gasteiger partial charge in [0.1, 0.15) is 11.5 Å². The van der Waals surface area contributed by atoms with Crippen LogP contribution in [0.25, 0.3) is 6.08 Å². The third-order valence-electron chi connectivity index (χ3n) is 6.18. The van der Waals surface area contributed by atoms with E-state index >= 15 is 0 Å². The van der Waals surface area contributed by atoms with Crippen LogP contribution in [0, 0.1) is 5.82 Å². The summed E-state index contributed by atoms with van der Waals surface area (Å²) in [6, 6.07) is 11.5. The lowest BCUT2D eigenvalue weighted by atomic mass is 9.80. The van der Waals surface area contributed by atoms with Gasteiger partial charge in [-0.15, -0.1) is 0 Å². The number of nitrogens with one attached hydrogen (secondary N) is 1. The Morgan fingerprint density at radius 3 is 2.57 bits per heavy atom. The molecule has 0 aliphatic carbocycles. The molecular formula is C24H26FN3O2. The number of rotatable bonds is 3. The molecule has 0 saturated carbocycles. The Morgan fingerprint density at radius 2 is 1.87 bits per heavy atom. The Bertz CT molecular complexity index is 1040. The Labute approximate surface area is 176 Å². The first-order valence-corrected chi connectivity index (χ1v) is 10.1. The normalized spacial score (nSPS) is 21.8. The number of imide groups is 1. The van der Waals surface area contributed by atoms with Crippen LogP contribution in [0.5, 0.6) is 0 Å². The highest BCUT2D eigenvalue weighted by Crippen LogP contribution is 2.42. The van der Waals surface area contributed by atoms with Gasteiger partial charge in [0.2, 0.25) is 0 Å². The van der Waals surface area contributed by atoms with E-state index in [-0.39, 0.29) is 29.5 Å². The fourth-order valence-corrected chi connectivity index (χ4v) is 4.34. The molecule has 2 aromatic carbocycles. The third-order valence-corrected chi connectivity index (χ3v) is 6.18. The lowest BCUT2D eigenvalue weighted by Gasteiger charge is -2.45. The Morgan fingerprint density at radius 1 is 1.17 bits per heavy atom. The zero-order valence-corrected chi connectivity index (χ0v) is 17.7. The van der Waals surface area contributed by atoms with Crippen LogP contribution in [0.1, 0.15) is 49.8 Å². The molecule has 0 spiro atoms. The maximum absolute atomic E-state index is 13.1. The standard InChI is InChI=1S/C24H26FN3O2/c1-15-13-24(2,3)27(4)21-10-7-17(11-19(15)21)12-20-22(29)28(23(30)26-20)14-16-5-8-18(25)9-6-16/h5-12,15H,13-14H2,1-4H3,(H,26,30)/b20-12-/t15-/m1/s1. The summed E-state index contributed by atoms with van der Waals surface area (Å²) >= 11 is 0. The molecule has 1 fully saturated rings.